The Morgan fingerprint density at radius 2 is 2.42 bits per heavy atom. The van der Waals surface area contributed by atoms with Gasteiger partial charge in [-0.25, -0.2) is 0 Å². The number of carbonyl (C=O) groups excluding carboxylic acids is 1. The Hall–Kier alpha value is -0.870. The fourth-order valence-electron chi connectivity index (χ4n) is 3.56. The first-order valence-electron chi connectivity index (χ1n) is 7.27. The van der Waals surface area contributed by atoms with Crippen LogP contribution < -0.4 is 5.73 Å². The maximum atomic E-state index is 12.8. The first-order valence-corrected chi connectivity index (χ1v) is 8.15. The maximum Gasteiger partial charge on any atom is 0.230 e. The number of carbonyl (C=O) groups is 1. The third-order valence-corrected chi connectivity index (χ3v) is 5.62. The molecule has 19 heavy (non-hydrogen) atoms. The van der Waals surface area contributed by atoms with Crippen molar-refractivity contribution in [3.63, 3.8) is 0 Å². The molecular weight excluding hydrogens is 256 g/mol. The highest BCUT2D eigenvalue weighted by atomic mass is 32.1. The van der Waals surface area contributed by atoms with E-state index in [1.165, 1.54) is 10.4 Å². The van der Waals surface area contributed by atoms with Crippen molar-refractivity contribution in [1.29, 1.82) is 0 Å². The van der Waals surface area contributed by atoms with Crippen LogP contribution in [-0.4, -0.2) is 29.9 Å². The van der Waals surface area contributed by atoms with Gasteiger partial charge in [-0.05, 0) is 62.1 Å². The van der Waals surface area contributed by atoms with E-state index in [1.54, 1.807) is 11.3 Å². The van der Waals surface area contributed by atoms with Crippen LogP contribution in [0.25, 0.3) is 0 Å². The molecule has 1 saturated heterocycles. The summed E-state index contributed by atoms with van der Waals surface area (Å²) >= 11 is 1.80. The van der Waals surface area contributed by atoms with Gasteiger partial charge in [-0.2, -0.15) is 0 Å². The van der Waals surface area contributed by atoms with Crippen LogP contribution in [0.2, 0.25) is 0 Å². The van der Waals surface area contributed by atoms with Gasteiger partial charge in [0, 0.05) is 17.5 Å². The summed E-state index contributed by atoms with van der Waals surface area (Å²) in [6, 6.07) is 2.51. The molecule has 2 aliphatic rings. The molecule has 3 atom stereocenters. The molecule has 3 nitrogen and oxygen atoms in total. The van der Waals surface area contributed by atoms with Crippen LogP contribution in [0.5, 0.6) is 0 Å². The van der Waals surface area contributed by atoms with Crippen molar-refractivity contribution in [2.24, 2.45) is 11.7 Å². The third-order valence-electron chi connectivity index (χ3n) is 4.63. The largest absolute Gasteiger partial charge is 0.339 e. The average molecular weight is 278 g/mol. The van der Waals surface area contributed by atoms with E-state index >= 15 is 0 Å². The van der Waals surface area contributed by atoms with Crippen LogP contribution in [-0.2, 0) is 11.2 Å². The molecule has 104 valence electrons. The average Bonchev–Trinajstić information content (AvgIpc) is 3.03. The second-order valence-corrected chi connectivity index (χ2v) is 6.92. The van der Waals surface area contributed by atoms with Gasteiger partial charge in [0.25, 0.3) is 0 Å². The SMILES string of the molecule is CC1CC(CN)CN1C(=O)C1CCCc2sccc21. The third kappa shape index (κ3) is 2.32. The molecule has 1 aliphatic heterocycles. The smallest absolute Gasteiger partial charge is 0.230 e. The fourth-order valence-corrected chi connectivity index (χ4v) is 4.55. The molecule has 1 aromatic heterocycles. The molecule has 2 N–H and O–H groups in total. The first-order chi connectivity index (χ1) is 9.20. The van der Waals surface area contributed by atoms with Crippen LogP contribution >= 0.6 is 11.3 Å². The molecule has 0 saturated carbocycles. The topological polar surface area (TPSA) is 46.3 Å². The van der Waals surface area contributed by atoms with Crippen LogP contribution in [0.3, 0.4) is 0 Å². The number of hydrogen-bond acceptors (Lipinski definition) is 3. The quantitative estimate of drug-likeness (QED) is 0.902. The first kappa shape index (κ1) is 13.1. The number of nitrogens with two attached hydrogens (primary N) is 1. The number of nitrogens with zero attached hydrogens (tertiary/aromatic N) is 1. The second-order valence-electron chi connectivity index (χ2n) is 5.92. The molecule has 1 aromatic rings. The number of aryl methyl sites for hydroxylation is 1. The van der Waals surface area contributed by atoms with Crippen molar-refractivity contribution in [3.8, 4) is 0 Å². The summed E-state index contributed by atoms with van der Waals surface area (Å²) in [6.45, 7) is 3.71. The Balaban J connectivity index is 1.79. The highest BCUT2D eigenvalue weighted by Gasteiger charge is 2.37. The van der Waals surface area contributed by atoms with Crippen LogP contribution in [0.1, 0.15) is 42.5 Å². The Morgan fingerprint density at radius 3 is 3.16 bits per heavy atom. The van der Waals surface area contributed by atoms with Crippen LogP contribution in [0.4, 0.5) is 0 Å². The highest BCUT2D eigenvalue weighted by Crippen LogP contribution is 2.37. The van der Waals surface area contributed by atoms with Gasteiger partial charge in [0.1, 0.15) is 0 Å². The zero-order chi connectivity index (χ0) is 13.4. The van der Waals surface area contributed by atoms with Crippen molar-refractivity contribution in [2.75, 3.05) is 13.1 Å². The van der Waals surface area contributed by atoms with Crippen molar-refractivity contribution in [1.82, 2.24) is 4.90 Å². The molecule has 0 spiro atoms. The minimum absolute atomic E-state index is 0.106. The molecule has 1 amide bonds. The number of amides is 1. The number of likely N-dealkylation sites (tertiary alicyclic amines) is 1. The predicted molar refractivity (Wildman–Crippen MR) is 78.3 cm³/mol. The van der Waals surface area contributed by atoms with Crippen LogP contribution in [0, 0.1) is 5.92 Å². The summed E-state index contributed by atoms with van der Waals surface area (Å²) in [5.41, 5.74) is 7.06. The van der Waals surface area contributed by atoms with Crippen LogP contribution in [0.15, 0.2) is 11.4 Å². The summed E-state index contributed by atoms with van der Waals surface area (Å²) in [5.74, 6) is 0.932. The van der Waals surface area contributed by atoms with Gasteiger partial charge in [-0.1, -0.05) is 0 Å². The van der Waals surface area contributed by atoms with Gasteiger partial charge < -0.3 is 10.6 Å². The molecule has 3 rings (SSSR count). The van der Waals surface area contributed by atoms with Gasteiger partial charge in [-0.3, -0.25) is 4.79 Å². The van der Waals surface area contributed by atoms with E-state index in [9.17, 15) is 4.79 Å². The molecular formula is C15H22N2OS. The number of thiophene rings is 1. The minimum atomic E-state index is 0.106. The normalized spacial score (nSPS) is 30.4. The lowest BCUT2D eigenvalue weighted by Gasteiger charge is -2.29. The number of fused-ring (bicyclic) bond motifs is 1. The molecule has 0 bridgehead atoms. The predicted octanol–water partition coefficient (Wildman–Crippen LogP) is 2.36. The monoisotopic (exact) mass is 278 g/mol. The summed E-state index contributed by atoms with van der Waals surface area (Å²) in [7, 11) is 0. The summed E-state index contributed by atoms with van der Waals surface area (Å²) in [4.78, 5) is 16.3. The highest BCUT2D eigenvalue weighted by molar-refractivity contribution is 7.10. The molecule has 2 heterocycles. The lowest BCUT2D eigenvalue weighted by atomic mass is 9.86. The standard InChI is InChI=1S/C15H22N2OS/c1-10-7-11(8-16)9-17(10)15(18)13-3-2-4-14-12(13)5-6-19-14/h5-6,10-11,13H,2-4,7-9,16H2,1H3. The van der Waals surface area contributed by atoms with E-state index in [1.807, 2.05) is 0 Å². The van der Waals surface area contributed by atoms with Gasteiger partial charge >= 0.3 is 0 Å². The molecule has 0 aromatic carbocycles. The van der Waals surface area contributed by atoms with E-state index in [0.29, 0.717) is 24.4 Å². The Labute approximate surface area is 118 Å². The van der Waals surface area contributed by atoms with Crippen molar-refractivity contribution >= 4 is 17.2 Å². The van der Waals surface area contributed by atoms with E-state index in [2.05, 4.69) is 23.3 Å². The van der Waals surface area contributed by atoms with Gasteiger partial charge in [0.2, 0.25) is 5.91 Å². The summed E-state index contributed by atoms with van der Waals surface area (Å²) < 4.78 is 0. The molecule has 1 fully saturated rings. The molecule has 1 aliphatic carbocycles. The van der Waals surface area contributed by atoms with E-state index in [4.69, 9.17) is 5.73 Å². The second kappa shape index (κ2) is 5.25. The minimum Gasteiger partial charge on any atom is -0.339 e. The van der Waals surface area contributed by atoms with Crippen molar-refractivity contribution in [3.05, 3.63) is 21.9 Å². The number of rotatable bonds is 2. The number of hydrogen-bond donors (Lipinski definition) is 1. The Morgan fingerprint density at radius 1 is 1.58 bits per heavy atom. The fraction of sp³-hybridized carbons (Fsp3) is 0.667. The molecule has 4 heteroatoms. The van der Waals surface area contributed by atoms with Crippen molar-refractivity contribution in [2.45, 2.75) is 44.6 Å². The lowest BCUT2D eigenvalue weighted by Crippen LogP contribution is -2.38. The van der Waals surface area contributed by atoms with E-state index < -0.39 is 0 Å². The van der Waals surface area contributed by atoms with Gasteiger partial charge in [0.05, 0.1) is 5.92 Å². The summed E-state index contributed by atoms with van der Waals surface area (Å²) in [5, 5.41) is 2.13. The summed E-state index contributed by atoms with van der Waals surface area (Å²) in [6.07, 6.45) is 4.37. The Kier molecular flexibility index (Phi) is 3.63. The van der Waals surface area contributed by atoms with Gasteiger partial charge in [-0.15, -0.1) is 11.3 Å². The molecule has 0 radical (unpaired) electrons. The zero-order valence-corrected chi connectivity index (χ0v) is 12.3. The zero-order valence-electron chi connectivity index (χ0n) is 11.5. The van der Waals surface area contributed by atoms with Gasteiger partial charge in [0.15, 0.2) is 0 Å². The Bertz CT molecular complexity index is 470. The maximum absolute atomic E-state index is 12.8. The lowest BCUT2D eigenvalue weighted by molar-refractivity contribution is -0.133. The van der Waals surface area contributed by atoms with E-state index in [0.717, 1.165) is 32.2 Å². The molecule has 3 unspecified atom stereocenters. The van der Waals surface area contributed by atoms with Crippen molar-refractivity contribution < 1.29 is 4.79 Å². The van der Waals surface area contributed by atoms with E-state index in [-0.39, 0.29) is 5.92 Å².